The van der Waals surface area contributed by atoms with Crippen LogP contribution in [0.5, 0.6) is 0 Å². The third kappa shape index (κ3) is 2.67. The van der Waals surface area contributed by atoms with Crippen molar-refractivity contribution >= 4 is 41.4 Å². The second-order valence-electron chi connectivity index (χ2n) is 2.77. The van der Waals surface area contributed by atoms with Crippen molar-refractivity contribution < 1.29 is 13.3 Å². The van der Waals surface area contributed by atoms with Gasteiger partial charge in [-0.25, -0.2) is 8.42 Å². The van der Waals surface area contributed by atoms with E-state index in [0.29, 0.717) is 5.56 Å². The first-order chi connectivity index (χ1) is 6.73. The van der Waals surface area contributed by atoms with Gasteiger partial charge < -0.3 is 0 Å². The molecule has 0 spiro atoms. The van der Waals surface area contributed by atoms with Crippen LogP contribution in [0.1, 0.15) is 5.56 Å². The fourth-order valence-corrected chi connectivity index (χ4v) is 2.20. The smallest absolute Gasteiger partial charge is 0.258 e. The predicted molar refractivity (Wildman–Crippen MR) is 58.6 cm³/mol. The quantitative estimate of drug-likeness (QED) is 0.477. The molecule has 0 aliphatic carbocycles. The second kappa shape index (κ2) is 4.07. The Morgan fingerprint density at radius 2 is 2.00 bits per heavy atom. The highest BCUT2D eigenvalue weighted by molar-refractivity contribution is 9.10. The number of aryl methyl sites for hydroxylation is 1. The fourth-order valence-electron chi connectivity index (χ4n) is 0.992. The lowest BCUT2D eigenvalue weighted by atomic mass is 10.2. The first-order valence-electron chi connectivity index (χ1n) is 3.62. The van der Waals surface area contributed by atoms with Gasteiger partial charge in [-0.1, -0.05) is 0 Å². The molecular weight excluding hydrogens is 310 g/mol. The number of hydrogen-bond acceptors (Lipinski definition) is 4. The van der Waals surface area contributed by atoms with Gasteiger partial charge >= 0.3 is 0 Å². The van der Waals surface area contributed by atoms with Crippen LogP contribution in [0, 0.1) is 17.0 Å². The predicted octanol–water partition coefficient (Wildman–Crippen LogP) is 2.59. The molecule has 0 heterocycles. The largest absolute Gasteiger partial charge is 0.285 e. The molecule has 1 aromatic carbocycles. The molecule has 82 valence electrons. The topological polar surface area (TPSA) is 77.3 Å². The van der Waals surface area contributed by atoms with E-state index in [1.54, 1.807) is 6.92 Å². The summed E-state index contributed by atoms with van der Waals surface area (Å²) in [5, 5.41) is 10.6. The molecule has 0 atom stereocenters. The molecule has 0 aliphatic heterocycles. The minimum atomic E-state index is -3.95. The van der Waals surface area contributed by atoms with Gasteiger partial charge in [0.25, 0.3) is 14.7 Å². The van der Waals surface area contributed by atoms with Crippen molar-refractivity contribution in [1.29, 1.82) is 0 Å². The van der Waals surface area contributed by atoms with Gasteiger partial charge in [-0.15, -0.1) is 0 Å². The van der Waals surface area contributed by atoms with Gasteiger partial charge in [0.1, 0.15) is 0 Å². The van der Waals surface area contributed by atoms with E-state index < -0.39 is 14.0 Å². The molecular formula is C7H5BrClNO4S. The summed E-state index contributed by atoms with van der Waals surface area (Å²) in [4.78, 5) is 9.63. The lowest BCUT2D eigenvalue weighted by molar-refractivity contribution is -0.385. The highest BCUT2D eigenvalue weighted by atomic mass is 79.9. The van der Waals surface area contributed by atoms with Gasteiger partial charge in [-0.05, 0) is 34.5 Å². The van der Waals surface area contributed by atoms with Crippen molar-refractivity contribution in [2.24, 2.45) is 0 Å². The van der Waals surface area contributed by atoms with Gasteiger partial charge in [-0.3, -0.25) is 10.1 Å². The molecule has 0 aromatic heterocycles. The van der Waals surface area contributed by atoms with Crippen LogP contribution in [0.4, 0.5) is 5.69 Å². The number of nitro groups is 1. The molecule has 1 aromatic rings. The SMILES string of the molecule is Cc1cc(S(=O)(=O)Cl)cc([N+](=O)[O-])c1Br. The summed E-state index contributed by atoms with van der Waals surface area (Å²) < 4.78 is 22.2. The zero-order valence-electron chi connectivity index (χ0n) is 7.40. The van der Waals surface area contributed by atoms with Crippen LogP contribution in [0.15, 0.2) is 21.5 Å². The average Bonchev–Trinajstić information content (AvgIpc) is 2.06. The van der Waals surface area contributed by atoms with Crippen LogP contribution in [-0.2, 0) is 9.05 Å². The Kier molecular flexibility index (Phi) is 3.37. The Balaban J connectivity index is 3.57. The van der Waals surface area contributed by atoms with E-state index in [1.165, 1.54) is 6.07 Å². The zero-order chi connectivity index (χ0) is 11.8. The summed E-state index contributed by atoms with van der Waals surface area (Å²) in [6, 6.07) is 2.18. The van der Waals surface area contributed by atoms with E-state index in [2.05, 4.69) is 15.9 Å². The summed E-state index contributed by atoms with van der Waals surface area (Å²) in [7, 11) is 1.14. The molecule has 0 radical (unpaired) electrons. The minimum absolute atomic E-state index is 0.247. The van der Waals surface area contributed by atoms with Crippen molar-refractivity contribution in [2.75, 3.05) is 0 Å². The lowest BCUT2D eigenvalue weighted by Gasteiger charge is -2.02. The summed E-state index contributed by atoms with van der Waals surface area (Å²) in [5.74, 6) is 0. The molecule has 0 fully saturated rings. The van der Waals surface area contributed by atoms with Crippen LogP contribution in [0.2, 0.25) is 0 Å². The molecule has 0 aliphatic rings. The van der Waals surface area contributed by atoms with Crippen molar-refractivity contribution in [2.45, 2.75) is 11.8 Å². The van der Waals surface area contributed by atoms with Crippen LogP contribution >= 0.6 is 26.6 Å². The Bertz CT molecular complexity index is 528. The van der Waals surface area contributed by atoms with E-state index >= 15 is 0 Å². The Labute approximate surface area is 98.7 Å². The normalized spacial score (nSPS) is 11.4. The number of rotatable bonds is 2. The van der Waals surface area contributed by atoms with Crippen LogP contribution in [0.3, 0.4) is 0 Å². The molecule has 0 amide bonds. The summed E-state index contributed by atoms with van der Waals surface area (Å²) >= 11 is 3.00. The maximum atomic E-state index is 11.0. The number of nitrogens with zero attached hydrogens (tertiary/aromatic N) is 1. The zero-order valence-corrected chi connectivity index (χ0v) is 10.6. The molecule has 0 bridgehead atoms. The molecule has 0 saturated carbocycles. The van der Waals surface area contributed by atoms with Crippen LogP contribution < -0.4 is 0 Å². The fraction of sp³-hybridized carbons (Fsp3) is 0.143. The lowest BCUT2D eigenvalue weighted by Crippen LogP contribution is -1.97. The molecule has 0 saturated heterocycles. The summed E-state index contributed by atoms with van der Waals surface area (Å²) in [5.41, 5.74) is 0.109. The maximum Gasteiger partial charge on any atom is 0.285 e. The monoisotopic (exact) mass is 313 g/mol. The van der Waals surface area contributed by atoms with E-state index in [-0.39, 0.29) is 15.1 Å². The maximum absolute atomic E-state index is 11.0. The van der Waals surface area contributed by atoms with Crippen LogP contribution in [-0.4, -0.2) is 13.3 Å². The van der Waals surface area contributed by atoms with Crippen molar-refractivity contribution in [3.05, 3.63) is 32.3 Å². The number of nitro benzene ring substituents is 1. The number of halogens is 2. The van der Waals surface area contributed by atoms with Crippen molar-refractivity contribution in [3.8, 4) is 0 Å². The highest BCUT2D eigenvalue weighted by Gasteiger charge is 2.20. The summed E-state index contributed by atoms with van der Waals surface area (Å²) in [6.45, 7) is 1.54. The van der Waals surface area contributed by atoms with E-state index in [1.807, 2.05) is 0 Å². The molecule has 1 rings (SSSR count). The van der Waals surface area contributed by atoms with Crippen molar-refractivity contribution in [3.63, 3.8) is 0 Å². The number of hydrogen-bond donors (Lipinski definition) is 0. The van der Waals surface area contributed by atoms with Crippen molar-refractivity contribution in [1.82, 2.24) is 0 Å². The third-order valence-corrected chi connectivity index (χ3v) is 4.05. The van der Waals surface area contributed by atoms with E-state index in [4.69, 9.17) is 10.7 Å². The van der Waals surface area contributed by atoms with E-state index in [9.17, 15) is 18.5 Å². The Morgan fingerprint density at radius 3 is 2.40 bits per heavy atom. The molecule has 15 heavy (non-hydrogen) atoms. The Morgan fingerprint density at radius 1 is 1.47 bits per heavy atom. The molecule has 0 unspecified atom stereocenters. The van der Waals surface area contributed by atoms with Gasteiger partial charge in [0, 0.05) is 16.7 Å². The van der Waals surface area contributed by atoms with Gasteiger partial charge in [0.05, 0.1) is 14.3 Å². The van der Waals surface area contributed by atoms with E-state index in [0.717, 1.165) is 6.07 Å². The number of benzene rings is 1. The van der Waals surface area contributed by atoms with Crippen LogP contribution in [0.25, 0.3) is 0 Å². The second-order valence-corrected chi connectivity index (χ2v) is 6.13. The van der Waals surface area contributed by atoms with Gasteiger partial charge in [-0.2, -0.15) is 0 Å². The summed E-state index contributed by atoms with van der Waals surface area (Å²) in [6.07, 6.45) is 0. The minimum Gasteiger partial charge on any atom is -0.258 e. The molecule has 8 heteroatoms. The standard InChI is InChI=1S/C7H5BrClNO4S/c1-4-2-5(15(9,13)14)3-6(7(4)8)10(11)12/h2-3H,1H3. The Hall–Kier alpha value is -0.660. The average molecular weight is 315 g/mol. The van der Waals surface area contributed by atoms with Gasteiger partial charge in [0.15, 0.2) is 0 Å². The first kappa shape index (κ1) is 12.4. The highest BCUT2D eigenvalue weighted by Crippen LogP contribution is 2.32. The van der Waals surface area contributed by atoms with Gasteiger partial charge in [0.2, 0.25) is 0 Å². The third-order valence-electron chi connectivity index (χ3n) is 1.69. The first-order valence-corrected chi connectivity index (χ1v) is 6.73. The molecule has 5 nitrogen and oxygen atoms in total. The molecule has 0 N–H and O–H groups in total.